The number of imidazole rings is 1. The lowest BCUT2D eigenvalue weighted by Crippen LogP contribution is -1.89. The van der Waals surface area contributed by atoms with Crippen LogP contribution in [0, 0.1) is 18.2 Å². The van der Waals surface area contributed by atoms with Gasteiger partial charge >= 0.3 is 0 Å². The van der Waals surface area contributed by atoms with Crippen LogP contribution in [0.2, 0.25) is 0 Å². The van der Waals surface area contributed by atoms with Crippen molar-refractivity contribution in [3.63, 3.8) is 0 Å². The van der Waals surface area contributed by atoms with Crippen molar-refractivity contribution in [1.82, 2.24) is 9.38 Å². The zero-order valence-electron chi connectivity index (χ0n) is 9.79. The first-order chi connectivity index (χ1) is 7.74. The van der Waals surface area contributed by atoms with Gasteiger partial charge in [-0.15, -0.1) is 6.42 Å². The third kappa shape index (κ3) is 2.22. The number of halogens is 1. The number of aromatic nitrogens is 2. The lowest BCUT2D eigenvalue weighted by molar-refractivity contribution is 0.629. The maximum absolute atomic E-state index is 13.4. The molecule has 0 fully saturated rings. The van der Waals surface area contributed by atoms with Crippen molar-refractivity contribution in [3.05, 3.63) is 35.5 Å². The molecule has 2 heterocycles. The van der Waals surface area contributed by atoms with Gasteiger partial charge in [-0.3, -0.25) is 0 Å². The van der Waals surface area contributed by atoms with Crippen LogP contribution in [-0.4, -0.2) is 9.38 Å². The number of nitrogens with zero attached hydrogens (tertiary/aromatic N) is 2. The third-order valence-electron chi connectivity index (χ3n) is 2.09. The van der Waals surface area contributed by atoms with Crippen LogP contribution >= 0.6 is 0 Å². The summed E-state index contributed by atoms with van der Waals surface area (Å²) in [6.07, 6.45) is 9.47. The number of aryl methyl sites for hydroxylation is 1. The van der Waals surface area contributed by atoms with E-state index in [0.717, 1.165) is 12.1 Å². The molecule has 0 aromatic carbocycles. The van der Waals surface area contributed by atoms with Crippen LogP contribution in [0.5, 0.6) is 0 Å². The monoisotopic (exact) mass is 220 g/mol. The summed E-state index contributed by atoms with van der Waals surface area (Å²) < 4.78 is 15.0. The molecule has 16 heavy (non-hydrogen) atoms. The van der Waals surface area contributed by atoms with Crippen molar-refractivity contribution in [2.75, 3.05) is 0 Å². The van der Waals surface area contributed by atoms with Gasteiger partial charge in [-0.2, -0.15) is 0 Å². The first kappa shape index (κ1) is 12.3. The maximum atomic E-state index is 13.4. The molecule has 0 N–H and O–H groups in total. The molecular weight excluding hydrogens is 203 g/mol. The molecule has 0 unspecified atom stereocenters. The van der Waals surface area contributed by atoms with E-state index in [2.05, 4.69) is 10.9 Å². The highest BCUT2D eigenvalue weighted by Crippen LogP contribution is 2.12. The molecular formula is C13H17FN2. The summed E-state index contributed by atoms with van der Waals surface area (Å²) in [5.41, 5.74) is 1.72. The molecule has 3 heteroatoms. The van der Waals surface area contributed by atoms with Crippen LogP contribution in [0.1, 0.15) is 33.5 Å². The number of rotatable bonds is 1. The summed E-state index contributed by atoms with van der Waals surface area (Å²) in [7, 11) is 0. The Morgan fingerprint density at radius 2 is 2.19 bits per heavy atom. The molecule has 0 saturated carbocycles. The Hall–Kier alpha value is -1.82. The molecule has 0 aliphatic carbocycles. The number of fused-ring (bicyclic) bond motifs is 1. The van der Waals surface area contributed by atoms with Crippen molar-refractivity contribution in [3.8, 4) is 12.3 Å². The van der Waals surface area contributed by atoms with E-state index >= 15 is 0 Å². The summed E-state index contributed by atoms with van der Waals surface area (Å²) in [6, 6.07) is 1.32. The lowest BCUT2D eigenvalue weighted by Gasteiger charge is -1.95. The minimum Gasteiger partial charge on any atom is -0.303 e. The van der Waals surface area contributed by atoms with Gasteiger partial charge in [0.25, 0.3) is 0 Å². The number of pyridine rings is 1. The fourth-order valence-electron chi connectivity index (χ4n) is 1.36. The third-order valence-corrected chi connectivity index (χ3v) is 2.09. The molecule has 0 amide bonds. The van der Waals surface area contributed by atoms with Crippen molar-refractivity contribution < 1.29 is 5.82 Å². The second-order valence-corrected chi connectivity index (χ2v) is 3.04. The fraction of sp³-hybridized carbons (Fsp3) is 0.308. The van der Waals surface area contributed by atoms with Crippen LogP contribution < -0.4 is 0 Å². The summed E-state index contributed by atoms with van der Waals surface area (Å²) in [5.74, 6) is 2.02. The highest BCUT2D eigenvalue weighted by molar-refractivity contribution is 5.46. The molecule has 86 valence electrons. The Balaban J connectivity index is 0.000000811. The number of hydrogen-bond donors (Lipinski definition) is 0. The Bertz CT molecular complexity index is 526. The summed E-state index contributed by atoms with van der Waals surface area (Å²) in [6.45, 7) is 5.97. The molecule has 2 aromatic heterocycles. The lowest BCUT2D eigenvalue weighted by atomic mass is 10.3. The van der Waals surface area contributed by atoms with Gasteiger partial charge in [0.05, 0.1) is 5.69 Å². The van der Waals surface area contributed by atoms with E-state index in [1.54, 1.807) is 16.8 Å². The van der Waals surface area contributed by atoms with Crippen molar-refractivity contribution >= 4 is 5.65 Å². The smallest absolute Gasteiger partial charge is 0.173 e. The first-order valence-corrected chi connectivity index (χ1v) is 5.38. The summed E-state index contributed by atoms with van der Waals surface area (Å²) in [4.78, 5) is 4.13. The van der Waals surface area contributed by atoms with Crippen LogP contribution in [0.4, 0.5) is 4.39 Å². The first-order valence-electron chi connectivity index (χ1n) is 5.38. The van der Waals surface area contributed by atoms with Crippen LogP contribution in [-0.2, 0) is 6.42 Å². The molecule has 2 aromatic rings. The quantitative estimate of drug-likeness (QED) is 0.674. The normalized spacial score (nSPS) is 9.44. The maximum Gasteiger partial charge on any atom is 0.173 e. The van der Waals surface area contributed by atoms with Gasteiger partial charge in [0.2, 0.25) is 0 Å². The predicted octanol–water partition coefficient (Wildman–Crippen LogP) is 3.29. The molecule has 0 radical (unpaired) electrons. The second kappa shape index (κ2) is 5.32. The fourth-order valence-corrected chi connectivity index (χ4v) is 1.36. The van der Waals surface area contributed by atoms with E-state index in [1.165, 1.54) is 6.07 Å². The molecule has 0 aliphatic rings. The molecule has 0 bridgehead atoms. The average molecular weight is 220 g/mol. The van der Waals surface area contributed by atoms with E-state index in [1.807, 2.05) is 20.8 Å². The number of hydrogen-bond acceptors (Lipinski definition) is 1. The second-order valence-electron chi connectivity index (χ2n) is 3.04. The molecule has 0 atom stereocenters. The van der Waals surface area contributed by atoms with Gasteiger partial charge in [0, 0.05) is 19.4 Å². The SMILES string of the molecule is C#Cc1cc(F)c2nc(CC)cn2c1.CC.[HH]. The van der Waals surface area contributed by atoms with Crippen LogP contribution in [0.15, 0.2) is 18.5 Å². The van der Waals surface area contributed by atoms with Gasteiger partial charge in [-0.05, 0) is 12.5 Å². The molecule has 2 nitrogen and oxygen atoms in total. The largest absolute Gasteiger partial charge is 0.303 e. The average Bonchev–Trinajstić information content (AvgIpc) is 2.75. The molecule has 0 aliphatic heterocycles. The van der Waals surface area contributed by atoms with Crippen molar-refractivity contribution in [2.45, 2.75) is 27.2 Å². The van der Waals surface area contributed by atoms with Crippen molar-refractivity contribution in [2.24, 2.45) is 0 Å². The Morgan fingerprint density at radius 3 is 2.75 bits per heavy atom. The minimum absolute atomic E-state index is 0. The van der Waals surface area contributed by atoms with Crippen LogP contribution in [0.3, 0.4) is 0 Å². The Kier molecular flexibility index (Phi) is 4.07. The predicted molar refractivity (Wildman–Crippen MR) is 65.9 cm³/mol. The highest BCUT2D eigenvalue weighted by Gasteiger charge is 2.06. The van der Waals surface area contributed by atoms with Gasteiger partial charge in [-0.1, -0.05) is 26.7 Å². The minimum atomic E-state index is -0.375. The standard InChI is InChI=1S/C11H9FN2.C2H6.H2/c1-3-8-5-10(12)11-13-9(4-2)7-14(11)6-8;1-2;/h1,5-7H,4H2,2H3;1-2H3;1H. The topological polar surface area (TPSA) is 17.3 Å². The Labute approximate surface area is 96.6 Å². The van der Waals surface area contributed by atoms with E-state index < -0.39 is 0 Å². The van der Waals surface area contributed by atoms with E-state index in [0.29, 0.717) is 11.2 Å². The summed E-state index contributed by atoms with van der Waals surface area (Å²) >= 11 is 0. The van der Waals surface area contributed by atoms with E-state index in [9.17, 15) is 4.39 Å². The summed E-state index contributed by atoms with van der Waals surface area (Å²) in [5, 5.41) is 0. The molecule has 2 rings (SSSR count). The van der Waals surface area contributed by atoms with Gasteiger partial charge in [-0.25, -0.2) is 9.37 Å². The number of terminal acetylenes is 1. The van der Waals surface area contributed by atoms with Gasteiger partial charge in [0.15, 0.2) is 11.5 Å². The van der Waals surface area contributed by atoms with E-state index in [-0.39, 0.29) is 7.24 Å². The molecule has 0 spiro atoms. The van der Waals surface area contributed by atoms with Crippen LogP contribution in [0.25, 0.3) is 5.65 Å². The van der Waals surface area contributed by atoms with Crippen molar-refractivity contribution in [1.29, 1.82) is 0 Å². The zero-order chi connectivity index (χ0) is 12.1. The highest BCUT2D eigenvalue weighted by atomic mass is 19.1. The van der Waals surface area contributed by atoms with Gasteiger partial charge < -0.3 is 4.40 Å². The van der Waals surface area contributed by atoms with Gasteiger partial charge in [0.1, 0.15) is 0 Å². The zero-order valence-corrected chi connectivity index (χ0v) is 9.79. The molecule has 0 saturated heterocycles. The van der Waals surface area contributed by atoms with E-state index in [4.69, 9.17) is 6.42 Å². The Morgan fingerprint density at radius 1 is 1.50 bits per heavy atom.